The van der Waals surface area contributed by atoms with Gasteiger partial charge >= 0.3 is 0 Å². The quantitative estimate of drug-likeness (QED) is 0.684. The Bertz CT molecular complexity index is 1220. The van der Waals surface area contributed by atoms with Crippen molar-refractivity contribution < 1.29 is 14.6 Å². The molecule has 164 valence electrons. The molecule has 4 rings (SSSR count). The molecule has 1 atom stereocenters. The summed E-state index contributed by atoms with van der Waals surface area (Å²) in [6, 6.07) is 14.3. The Morgan fingerprint density at radius 2 is 2.00 bits per heavy atom. The summed E-state index contributed by atoms with van der Waals surface area (Å²) in [7, 11) is 1.45. The molecule has 2 aromatic rings. The van der Waals surface area contributed by atoms with E-state index in [-0.39, 0.29) is 34.1 Å². The molecular weight excluding hydrogens is 426 g/mol. The molecule has 2 aliphatic rings. The summed E-state index contributed by atoms with van der Waals surface area (Å²) >= 11 is 6.25. The van der Waals surface area contributed by atoms with Gasteiger partial charge in [-0.2, -0.15) is 5.26 Å². The molecule has 6 nitrogen and oxygen atoms in total. The minimum atomic E-state index is -0.650. The fraction of sp³-hybridized carbons (Fsp3) is 0.280. The lowest BCUT2D eigenvalue weighted by molar-refractivity contribution is -0.118. The molecule has 0 aromatic heterocycles. The summed E-state index contributed by atoms with van der Waals surface area (Å²) in [5.41, 5.74) is 9.26. The average Bonchev–Trinajstić information content (AvgIpc) is 2.72. The molecule has 1 aliphatic carbocycles. The molecule has 0 amide bonds. The van der Waals surface area contributed by atoms with Gasteiger partial charge in [-0.05, 0) is 47.7 Å². The van der Waals surface area contributed by atoms with Crippen LogP contribution in [-0.4, -0.2) is 18.0 Å². The Labute approximate surface area is 192 Å². The van der Waals surface area contributed by atoms with Crippen molar-refractivity contribution in [2.45, 2.75) is 32.6 Å². The van der Waals surface area contributed by atoms with Gasteiger partial charge in [0.15, 0.2) is 17.3 Å². The normalized spacial score (nSPS) is 20.2. The Morgan fingerprint density at radius 3 is 2.66 bits per heavy atom. The maximum Gasteiger partial charge on any atom is 0.162 e. The number of allylic oxidation sites excluding steroid dienone is 3. The van der Waals surface area contributed by atoms with Crippen LogP contribution in [0.1, 0.15) is 38.2 Å². The monoisotopic (exact) mass is 449 g/mol. The number of halogens is 1. The second kappa shape index (κ2) is 7.92. The van der Waals surface area contributed by atoms with Crippen LogP contribution in [0.4, 0.5) is 5.69 Å². The number of nitrogens with two attached hydrogens (primary N) is 1. The van der Waals surface area contributed by atoms with Crippen LogP contribution in [-0.2, 0) is 4.79 Å². The fourth-order valence-electron chi connectivity index (χ4n) is 4.63. The first-order valence-corrected chi connectivity index (χ1v) is 10.6. The molecule has 1 heterocycles. The largest absolute Gasteiger partial charge is 0.504 e. The summed E-state index contributed by atoms with van der Waals surface area (Å²) in [4.78, 5) is 15.3. The number of phenols is 1. The maximum atomic E-state index is 13.5. The van der Waals surface area contributed by atoms with Crippen LogP contribution >= 0.6 is 11.6 Å². The highest BCUT2D eigenvalue weighted by Gasteiger charge is 2.44. The van der Waals surface area contributed by atoms with E-state index in [0.29, 0.717) is 34.7 Å². The van der Waals surface area contributed by atoms with Crippen LogP contribution in [0, 0.1) is 16.7 Å². The molecule has 1 aliphatic heterocycles. The van der Waals surface area contributed by atoms with E-state index in [1.54, 1.807) is 29.2 Å². The lowest BCUT2D eigenvalue weighted by Gasteiger charge is -2.43. The van der Waals surface area contributed by atoms with Crippen LogP contribution in [0.15, 0.2) is 65.1 Å². The number of anilines is 1. The highest BCUT2D eigenvalue weighted by Crippen LogP contribution is 2.50. The molecule has 0 bridgehead atoms. The number of hydrogen-bond acceptors (Lipinski definition) is 6. The molecule has 0 spiro atoms. The number of ether oxygens (including phenoxy) is 1. The average molecular weight is 450 g/mol. The number of carbonyl (C=O) groups is 1. The second-order valence-electron chi connectivity index (χ2n) is 8.89. The van der Waals surface area contributed by atoms with Crippen molar-refractivity contribution in [2.75, 3.05) is 12.0 Å². The van der Waals surface area contributed by atoms with Crippen molar-refractivity contribution in [3.05, 3.63) is 75.7 Å². The predicted octanol–water partition coefficient (Wildman–Crippen LogP) is 5.00. The van der Waals surface area contributed by atoms with E-state index < -0.39 is 5.92 Å². The molecule has 0 saturated carbocycles. The zero-order chi connectivity index (χ0) is 23.2. The molecule has 32 heavy (non-hydrogen) atoms. The Hall–Kier alpha value is -3.43. The van der Waals surface area contributed by atoms with Gasteiger partial charge < -0.3 is 15.6 Å². The van der Waals surface area contributed by atoms with E-state index in [2.05, 4.69) is 6.07 Å². The third-order valence-corrected chi connectivity index (χ3v) is 6.22. The molecule has 3 N–H and O–H groups in total. The van der Waals surface area contributed by atoms with Crippen LogP contribution in [0.2, 0.25) is 5.02 Å². The molecule has 7 heteroatoms. The lowest BCUT2D eigenvalue weighted by atomic mass is 9.68. The third kappa shape index (κ3) is 3.59. The van der Waals surface area contributed by atoms with Gasteiger partial charge in [0.05, 0.1) is 24.7 Å². The first-order valence-electron chi connectivity index (χ1n) is 10.3. The topological polar surface area (TPSA) is 99.6 Å². The highest BCUT2D eigenvalue weighted by molar-refractivity contribution is 6.30. The Morgan fingerprint density at radius 1 is 1.25 bits per heavy atom. The third-order valence-electron chi connectivity index (χ3n) is 5.98. The Kier molecular flexibility index (Phi) is 5.39. The summed E-state index contributed by atoms with van der Waals surface area (Å²) < 4.78 is 5.27. The number of nitrogens with zero attached hydrogens (tertiary/aromatic N) is 2. The number of phenolic OH excluding ortho intramolecular Hbond substituents is 1. The number of aromatic hydroxyl groups is 1. The van der Waals surface area contributed by atoms with Crippen molar-refractivity contribution in [2.24, 2.45) is 11.1 Å². The van der Waals surface area contributed by atoms with Crippen LogP contribution in [0.5, 0.6) is 11.5 Å². The predicted molar refractivity (Wildman–Crippen MR) is 123 cm³/mol. The summed E-state index contributed by atoms with van der Waals surface area (Å²) in [6.07, 6.45) is 0.964. The first kappa shape index (κ1) is 21.8. The van der Waals surface area contributed by atoms with Gasteiger partial charge in [0, 0.05) is 28.4 Å². The van der Waals surface area contributed by atoms with Crippen LogP contribution < -0.4 is 15.4 Å². The minimum absolute atomic E-state index is 0.0200. The van der Waals surface area contributed by atoms with Gasteiger partial charge in [-0.15, -0.1) is 0 Å². The SMILES string of the molecule is COc1cc([C@@H]2C(C#N)=C(N)N(c3cccc(Cl)c3)C3=C2C(=O)CC(C)(C)C3)ccc1O. The zero-order valence-electron chi connectivity index (χ0n) is 18.1. The van der Waals surface area contributed by atoms with Crippen molar-refractivity contribution in [3.63, 3.8) is 0 Å². The number of ketones is 1. The molecular formula is C25H24ClN3O3. The van der Waals surface area contributed by atoms with Gasteiger partial charge in [0.2, 0.25) is 0 Å². The minimum Gasteiger partial charge on any atom is -0.504 e. The zero-order valence-corrected chi connectivity index (χ0v) is 18.9. The van der Waals surface area contributed by atoms with Crippen LogP contribution in [0.25, 0.3) is 0 Å². The number of nitriles is 1. The summed E-state index contributed by atoms with van der Waals surface area (Å²) in [5.74, 6) is -0.171. The summed E-state index contributed by atoms with van der Waals surface area (Å²) in [6.45, 7) is 4.09. The van der Waals surface area contributed by atoms with Crippen molar-refractivity contribution in [1.29, 1.82) is 5.26 Å². The molecule has 0 fully saturated rings. The highest BCUT2D eigenvalue weighted by atomic mass is 35.5. The molecule has 0 unspecified atom stereocenters. The van der Waals surface area contributed by atoms with E-state index in [0.717, 1.165) is 5.70 Å². The standard InChI is InChI=1S/C25H24ClN3O3/c1-25(2)11-18-23(20(31)12-25)22(14-7-8-19(30)21(9-14)32-3)17(13-27)24(28)29(18)16-6-4-5-15(26)10-16/h4-10,22,30H,11-12,28H2,1-3H3/t22-/m1/s1. The van der Waals surface area contributed by atoms with Crippen LogP contribution in [0.3, 0.4) is 0 Å². The molecule has 0 saturated heterocycles. The van der Waals surface area contributed by atoms with Crippen molar-refractivity contribution >= 4 is 23.1 Å². The second-order valence-corrected chi connectivity index (χ2v) is 9.33. The summed E-state index contributed by atoms with van der Waals surface area (Å²) in [5, 5.41) is 20.7. The van der Waals surface area contributed by atoms with E-state index in [1.807, 2.05) is 26.0 Å². The first-order chi connectivity index (χ1) is 15.2. The number of rotatable bonds is 3. The number of carbonyl (C=O) groups excluding carboxylic acids is 1. The van der Waals surface area contributed by atoms with Gasteiger partial charge in [-0.1, -0.05) is 37.6 Å². The number of benzene rings is 2. The molecule has 0 radical (unpaired) electrons. The van der Waals surface area contributed by atoms with Crippen molar-refractivity contribution in [3.8, 4) is 17.6 Å². The van der Waals surface area contributed by atoms with E-state index in [1.165, 1.54) is 13.2 Å². The Balaban J connectivity index is 2.01. The molecule has 2 aromatic carbocycles. The van der Waals surface area contributed by atoms with Crippen molar-refractivity contribution in [1.82, 2.24) is 0 Å². The van der Waals surface area contributed by atoms with Gasteiger partial charge in [-0.25, -0.2) is 0 Å². The smallest absolute Gasteiger partial charge is 0.162 e. The van der Waals surface area contributed by atoms with Gasteiger partial charge in [0.25, 0.3) is 0 Å². The number of methoxy groups -OCH3 is 1. The van der Waals surface area contributed by atoms with E-state index in [9.17, 15) is 15.2 Å². The maximum absolute atomic E-state index is 13.5. The van der Waals surface area contributed by atoms with Gasteiger partial charge in [0.1, 0.15) is 5.82 Å². The van der Waals surface area contributed by atoms with E-state index in [4.69, 9.17) is 22.1 Å². The lowest BCUT2D eigenvalue weighted by Crippen LogP contribution is -2.42. The number of Topliss-reactive ketones (excluding diaryl/α,β-unsaturated/α-hetero) is 1. The van der Waals surface area contributed by atoms with Gasteiger partial charge in [-0.3, -0.25) is 9.69 Å². The van der Waals surface area contributed by atoms with E-state index >= 15 is 0 Å². The number of hydrogen-bond donors (Lipinski definition) is 2. The fourth-order valence-corrected chi connectivity index (χ4v) is 4.81.